The first-order valence-electron chi connectivity index (χ1n) is 9.15. The van der Waals surface area contributed by atoms with Gasteiger partial charge in [-0.25, -0.2) is 0 Å². The van der Waals surface area contributed by atoms with Gasteiger partial charge >= 0.3 is 0 Å². The second-order valence-corrected chi connectivity index (χ2v) is 6.39. The lowest BCUT2D eigenvalue weighted by Crippen LogP contribution is -2.47. The van der Waals surface area contributed by atoms with E-state index in [9.17, 15) is 0 Å². The number of rotatable bonds is 7. The lowest BCUT2D eigenvalue weighted by Gasteiger charge is -2.36. The number of piperazine rings is 1. The van der Waals surface area contributed by atoms with Gasteiger partial charge in [0.15, 0.2) is 0 Å². The van der Waals surface area contributed by atoms with Gasteiger partial charge in [-0.15, -0.1) is 0 Å². The van der Waals surface area contributed by atoms with Gasteiger partial charge in [0.05, 0.1) is 12.3 Å². The van der Waals surface area contributed by atoms with Crippen LogP contribution in [0.3, 0.4) is 0 Å². The molecule has 25 heavy (non-hydrogen) atoms. The number of para-hydroxylation sites is 2. The average molecular weight is 340 g/mol. The molecular formula is C21H28N2O2. The lowest BCUT2D eigenvalue weighted by molar-refractivity contribution is 0.200. The predicted octanol–water partition coefficient (Wildman–Crippen LogP) is 3.59. The van der Waals surface area contributed by atoms with E-state index in [4.69, 9.17) is 9.47 Å². The highest BCUT2D eigenvalue weighted by molar-refractivity contribution is 5.58. The minimum Gasteiger partial charge on any atom is -0.492 e. The molecule has 1 heterocycles. The largest absolute Gasteiger partial charge is 0.492 e. The Bertz CT molecular complexity index is 666. The molecule has 3 rings (SSSR count). The Morgan fingerprint density at radius 3 is 2.48 bits per heavy atom. The van der Waals surface area contributed by atoms with E-state index >= 15 is 0 Å². The summed E-state index contributed by atoms with van der Waals surface area (Å²) in [4.78, 5) is 4.89. The molecule has 1 aliphatic heterocycles. The van der Waals surface area contributed by atoms with E-state index in [1.807, 2.05) is 25.1 Å². The van der Waals surface area contributed by atoms with E-state index in [1.54, 1.807) is 0 Å². The summed E-state index contributed by atoms with van der Waals surface area (Å²) < 4.78 is 11.6. The van der Waals surface area contributed by atoms with Crippen LogP contribution in [-0.2, 0) is 0 Å². The molecule has 0 radical (unpaired) electrons. The number of anilines is 1. The minimum absolute atomic E-state index is 0.702. The van der Waals surface area contributed by atoms with Crippen molar-refractivity contribution >= 4 is 5.69 Å². The van der Waals surface area contributed by atoms with Crippen molar-refractivity contribution in [3.8, 4) is 11.5 Å². The van der Waals surface area contributed by atoms with Gasteiger partial charge in [0.25, 0.3) is 0 Å². The summed E-state index contributed by atoms with van der Waals surface area (Å²) in [6.45, 7) is 10.7. The highest BCUT2D eigenvalue weighted by atomic mass is 16.5. The Morgan fingerprint density at radius 1 is 0.920 bits per heavy atom. The number of ether oxygens (including phenoxy) is 2. The fraction of sp³-hybridized carbons (Fsp3) is 0.429. The summed E-state index contributed by atoms with van der Waals surface area (Å²) in [7, 11) is 0. The molecule has 0 aliphatic carbocycles. The number of hydrogen-bond donors (Lipinski definition) is 0. The van der Waals surface area contributed by atoms with E-state index in [-0.39, 0.29) is 0 Å². The van der Waals surface area contributed by atoms with Gasteiger partial charge in [0, 0.05) is 32.7 Å². The topological polar surface area (TPSA) is 24.9 Å². The Labute approximate surface area is 151 Å². The molecule has 0 amide bonds. The van der Waals surface area contributed by atoms with Crippen LogP contribution in [0.5, 0.6) is 11.5 Å². The summed E-state index contributed by atoms with van der Waals surface area (Å²) in [6, 6.07) is 16.6. The van der Waals surface area contributed by atoms with Crippen molar-refractivity contribution in [2.24, 2.45) is 0 Å². The summed E-state index contributed by atoms with van der Waals surface area (Å²) in [5.41, 5.74) is 2.44. The molecule has 2 aromatic rings. The molecule has 0 spiro atoms. The molecule has 1 saturated heterocycles. The van der Waals surface area contributed by atoms with Crippen molar-refractivity contribution in [1.82, 2.24) is 4.90 Å². The Hall–Kier alpha value is -2.20. The first-order chi connectivity index (χ1) is 12.3. The first-order valence-corrected chi connectivity index (χ1v) is 9.15. The number of nitrogens with zero attached hydrogens (tertiary/aromatic N) is 2. The molecule has 0 atom stereocenters. The quantitative estimate of drug-likeness (QED) is 0.769. The van der Waals surface area contributed by atoms with Crippen LogP contribution in [0.15, 0.2) is 48.5 Å². The van der Waals surface area contributed by atoms with Crippen LogP contribution >= 0.6 is 0 Å². The zero-order valence-corrected chi connectivity index (χ0v) is 15.3. The smallest absolute Gasteiger partial charge is 0.142 e. The molecule has 4 nitrogen and oxygen atoms in total. The van der Waals surface area contributed by atoms with Gasteiger partial charge in [-0.3, -0.25) is 4.90 Å². The molecule has 0 aromatic heterocycles. The minimum atomic E-state index is 0.702. The van der Waals surface area contributed by atoms with Gasteiger partial charge < -0.3 is 14.4 Å². The van der Waals surface area contributed by atoms with Crippen LogP contribution in [0.1, 0.15) is 12.5 Å². The van der Waals surface area contributed by atoms with E-state index in [0.29, 0.717) is 6.61 Å². The third-order valence-corrected chi connectivity index (χ3v) is 4.54. The lowest BCUT2D eigenvalue weighted by atomic mass is 10.2. The maximum absolute atomic E-state index is 5.88. The van der Waals surface area contributed by atoms with Crippen molar-refractivity contribution in [3.05, 3.63) is 54.1 Å². The van der Waals surface area contributed by atoms with E-state index in [0.717, 1.165) is 50.8 Å². The molecule has 0 saturated carbocycles. The Morgan fingerprint density at radius 2 is 1.72 bits per heavy atom. The number of hydrogen-bond acceptors (Lipinski definition) is 4. The zero-order chi connectivity index (χ0) is 17.5. The van der Waals surface area contributed by atoms with Crippen LogP contribution in [0.2, 0.25) is 0 Å². The Balaban J connectivity index is 1.46. The third-order valence-electron chi connectivity index (χ3n) is 4.54. The van der Waals surface area contributed by atoms with Crippen molar-refractivity contribution in [2.75, 3.05) is 50.8 Å². The maximum atomic E-state index is 5.88. The van der Waals surface area contributed by atoms with Crippen molar-refractivity contribution in [1.29, 1.82) is 0 Å². The summed E-state index contributed by atoms with van der Waals surface area (Å²) in [6.07, 6.45) is 0. The monoisotopic (exact) mass is 340 g/mol. The van der Waals surface area contributed by atoms with Crippen LogP contribution < -0.4 is 14.4 Å². The van der Waals surface area contributed by atoms with Crippen molar-refractivity contribution in [2.45, 2.75) is 13.8 Å². The average Bonchev–Trinajstić information content (AvgIpc) is 2.63. The normalized spacial score (nSPS) is 15.2. The van der Waals surface area contributed by atoms with Gasteiger partial charge in [-0.05, 0) is 43.7 Å². The maximum Gasteiger partial charge on any atom is 0.142 e. The van der Waals surface area contributed by atoms with Crippen LogP contribution in [-0.4, -0.2) is 50.8 Å². The van der Waals surface area contributed by atoms with Crippen molar-refractivity contribution < 1.29 is 9.47 Å². The van der Waals surface area contributed by atoms with Gasteiger partial charge in [0.2, 0.25) is 0 Å². The fourth-order valence-corrected chi connectivity index (χ4v) is 3.21. The summed E-state index contributed by atoms with van der Waals surface area (Å²) in [5, 5.41) is 0. The highest BCUT2D eigenvalue weighted by Gasteiger charge is 2.19. The second-order valence-electron chi connectivity index (χ2n) is 6.39. The third kappa shape index (κ3) is 4.89. The molecule has 1 fully saturated rings. The number of aryl methyl sites for hydroxylation is 1. The highest BCUT2D eigenvalue weighted by Crippen LogP contribution is 2.28. The van der Waals surface area contributed by atoms with Gasteiger partial charge in [-0.2, -0.15) is 0 Å². The molecule has 0 bridgehead atoms. The zero-order valence-electron chi connectivity index (χ0n) is 15.3. The molecule has 4 heteroatoms. The van der Waals surface area contributed by atoms with Crippen molar-refractivity contribution in [3.63, 3.8) is 0 Å². The summed E-state index contributed by atoms with van der Waals surface area (Å²) >= 11 is 0. The SMILES string of the molecule is CCOc1ccccc1N1CCN(CCOc2cccc(C)c2)CC1. The summed E-state index contributed by atoms with van der Waals surface area (Å²) in [5.74, 6) is 1.95. The Kier molecular flexibility index (Phi) is 6.18. The van der Waals surface area contributed by atoms with Crippen LogP contribution in [0.4, 0.5) is 5.69 Å². The molecular weight excluding hydrogens is 312 g/mol. The second kappa shape index (κ2) is 8.77. The van der Waals surface area contributed by atoms with E-state index in [2.05, 4.69) is 47.1 Å². The van der Waals surface area contributed by atoms with Crippen LogP contribution in [0.25, 0.3) is 0 Å². The van der Waals surface area contributed by atoms with Gasteiger partial charge in [0.1, 0.15) is 18.1 Å². The molecule has 1 aliphatic rings. The van der Waals surface area contributed by atoms with Gasteiger partial charge in [-0.1, -0.05) is 24.3 Å². The first kappa shape index (κ1) is 17.6. The molecule has 0 unspecified atom stereocenters. The standard InChI is InChI=1S/C21H28N2O2/c1-3-24-21-10-5-4-9-20(21)23-13-11-22(12-14-23)15-16-25-19-8-6-7-18(2)17-19/h4-10,17H,3,11-16H2,1-2H3. The predicted molar refractivity (Wildman–Crippen MR) is 103 cm³/mol. The molecule has 2 aromatic carbocycles. The van der Waals surface area contributed by atoms with E-state index in [1.165, 1.54) is 11.3 Å². The fourth-order valence-electron chi connectivity index (χ4n) is 3.21. The molecule has 0 N–H and O–H groups in total. The number of benzene rings is 2. The van der Waals surface area contributed by atoms with Crippen LogP contribution in [0, 0.1) is 6.92 Å². The molecule has 134 valence electrons. The van der Waals surface area contributed by atoms with E-state index < -0.39 is 0 Å².